The van der Waals surface area contributed by atoms with Crippen molar-refractivity contribution >= 4 is 17.3 Å². The van der Waals surface area contributed by atoms with Gasteiger partial charge in [0.2, 0.25) is 0 Å². The van der Waals surface area contributed by atoms with E-state index in [1.165, 1.54) is 24.3 Å². The molecule has 0 spiro atoms. The van der Waals surface area contributed by atoms with Gasteiger partial charge in [-0.15, -0.1) is 0 Å². The van der Waals surface area contributed by atoms with E-state index in [0.29, 0.717) is 5.69 Å². The van der Waals surface area contributed by atoms with Gasteiger partial charge in [-0.2, -0.15) is 0 Å². The van der Waals surface area contributed by atoms with Gasteiger partial charge in [-0.3, -0.25) is 4.79 Å². The third-order valence-electron chi connectivity index (χ3n) is 3.93. The molecule has 3 rings (SSSR count). The van der Waals surface area contributed by atoms with Gasteiger partial charge in [-0.05, 0) is 47.5 Å². The average Bonchev–Trinajstić information content (AvgIpc) is 2.68. The van der Waals surface area contributed by atoms with E-state index in [2.05, 4.69) is 10.6 Å². The molecule has 132 valence electrons. The second kappa shape index (κ2) is 8.27. The minimum absolute atomic E-state index is 0.0761. The number of hydrogen-bond acceptors (Lipinski definition) is 3. The number of anilines is 2. The maximum absolute atomic E-state index is 13.1. The molecule has 0 aromatic heterocycles. The Bertz CT molecular complexity index is 867. The van der Waals surface area contributed by atoms with Crippen molar-refractivity contribution in [3.05, 3.63) is 95.8 Å². The highest BCUT2D eigenvalue weighted by atomic mass is 19.1. The molecule has 0 bridgehead atoms. The summed E-state index contributed by atoms with van der Waals surface area (Å²) < 4.78 is 13.1. The van der Waals surface area contributed by atoms with E-state index in [9.17, 15) is 14.3 Å². The molecule has 3 aromatic carbocycles. The van der Waals surface area contributed by atoms with Gasteiger partial charge in [0.15, 0.2) is 0 Å². The lowest BCUT2D eigenvalue weighted by Gasteiger charge is -2.20. The van der Waals surface area contributed by atoms with Gasteiger partial charge in [-0.1, -0.05) is 42.5 Å². The molecular formula is C21H19FN2O2. The van der Waals surface area contributed by atoms with Crippen LogP contribution in [0.25, 0.3) is 0 Å². The topological polar surface area (TPSA) is 61.4 Å². The molecule has 0 radical (unpaired) electrons. The van der Waals surface area contributed by atoms with Gasteiger partial charge < -0.3 is 15.7 Å². The summed E-state index contributed by atoms with van der Waals surface area (Å²) >= 11 is 0. The smallest absolute Gasteiger partial charge is 0.251 e. The lowest BCUT2D eigenvalue weighted by atomic mass is 10.0. The van der Waals surface area contributed by atoms with Crippen LogP contribution in [0.5, 0.6) is 0 Å². The summed E-state index contributed by atoms with van der Waals surface area (Å²) in [5.41, 5.74) is 2.78. The van der Waals surface area contributed by atoms with Gasteiger partial charge in [0.05, 0.1) is 6.61 Å². The molecule has 26 heavy (non-hydrogen) atoms. The Morgan fingerprint density at radius 3 is 2.35 bits per heavy atom. The molecule has 3 aromatic rings. The molecule has 0 fully saturated rings. The number of amides is 1. The van der Waals surface area contributed by atoms with Crippen LogP contribution in [0.2, 0.25) is 0 Å². The zero-order chi connectivity index (χ0) is 18.4. The first-order chi connectivity index (χ1) is 12.7. The molecule has 0 aliphatic carbocycles. The fourth-order valence-corrected chi connectivity index (χ4v) is 2.62. The molecule has 3 N–H and O–H groups in total. The molecule has 1 amide bonds. The van der Waals surface area contributed by atoms with Crippen molar-refractivity contribution in [3.63, 3.8) is 0 Å². The maximum Gasteiger partial charge on any atom is 0.251 e. The van der Waals surface area contributed by atoms with Gasteiger partial charge >= 0.3 is 0 Å². The quantitative estimate of drug-likeness (QED) is 0.627. The average molecular weight is 350 g/mol. The number of rotatable bonds is 6. The largest absolute Gasteiger partial charge is 0.392 e. The summed E-state index contributed by atoms with van der Waals surface area (Å²) in [7, 11) is 0. The Morgan fingerprint density at radius 1 is 0.923 bits per heavy atom. The van der Waals surface area contributed by atoms with Crippen molar-refractivity contribution in [1.29, 1.82) is 0 Å². The second-order valence-corrected chi connectivity index (χ2v) is 5.84. The molecule has 1 atom stereocenters. The number of aliphatic hydroxyl groups is 1. The van der Waals surface area contributed by atoms with Gasteiger partial charge in [0.1, 0.15) is 11.9 Å². The molecule has 0 aliphatic rings. The third-order valence-corrected chi connectivity index (χ3v) is 3.93. The van der Waals surface area contributed by atoms with Crippen molar-refractivity contribution in [2.45, 2.75) is 12.6 Å². The van der Waals surface area contributed by atoms with Crippen molar-refractivity contribution in [1.82, 2.24) is 0 Å². The minimum Gasteiger partial charge on any atom is -0.392 e. The van der Waals surface area contributed by atoms with E-state index >= 15 is 0 Å². The summed E-state index contributed by atoms with van der Waals surface area (Å²) in [5.74, 6) is -0.626. The first-order valence-corrected chi connectivity index (χ1v) is 8.23. The molecule has 0 heterocycles. The van der Waals surface area contributed by atoms with Crippen LogP contribution >= 0.6 is 0 Å². The number of benzene rings is 3. The lowest BCUT2D eigenvalue weighted by Crippen LogP contribution is -2.27. The molecule has 4 nitrogen and oxygen atoms in total. The SMILES string of the molecule is O=C(Nc1ccc(F)cc1)C(Nc1cccc(CO)c1)c1ccccc1. The molecule has 1 unspecified atom stereocenters. The number of aliphatic hydroxyl groups excluding tert-OH is 1. The minimum atomic E-state index is -0.643. The monoisotopic (exact) mass is 350 g/mol. The summed E-state index contributed by atoms with van der Waals surface area (Å²) in [6.07, 6.45) is 0. The molecule has 0 saturated carbocycles. The van der Waals surface area contributed by atoms with E-state index in [-0.39, 0.29) is 18.3 Å². The van der Waals surface area contributed by atoms with Crippen LogP contribution in [0, 0.1) is 5.82 Å². The Kier molecular flexibility index (Phi) is 5.61. The second-order valence-electron chi connectivity index (χ2n) is 5.84. The van der Waals surface area contributed by atoms with Gasteiger partial charge in [0.25, 0.3) is 5.91 Å². The van der Waals surface area contributed by atoms with Crippen LogP contribution in [0.15, 0.2) is 78.9 Å². The standard InChI is InChI=1S/C21H19FN2O2/c22-17-9-11-18(12-10-17)24-21(26)20(16-6-2-1-3-7-16)23-19-8-4-5-15(13-19)14-25/h1-13,20,23,25H,14H2,(H,24,26). The Balaban J connectivity index is 1.85. The first-order valence-electron chi connectivity index (χ1n) is 8.23. The van der Waals surface area contributed by atoms with E-state index in [4.69, 9.17) is 0 Å². The highest BCUT2D eigenvalue weighted by Crippen LogP contribution is 2.22. The number of carbonyl (C=O) groups excluding carboxylic acids is 1. The van der Waals surface area contributed by atoms with Crippen LogP contribution in [-0.4, -0.2) is 11.0 Å². The first kappa shape index (κ1) is 17.6. The number of hydrogen-bond donors (Lipinski definition) is 3. The maximum atomic E-state index is 13.1. The molecule has 0 aliphatic heterocycles. The summed E-state index contributed by atoms with van der Waals surface area (Å²) in [6, 6.07) is 21.5. The van der Waals surface area contributed by atoms with E-state index in [0.717, 1.165) is 16.8 Å². The van der Waals surface area contributed by atoms with Crippen LogP contribution in [0.1, 0.15) is 17.2 Å². The number of nitrogens with one attached hydrogen (secondary N) is 2. The summed E-state index contributed by atoms with van der Waals surface area (Å²) in [6.45, 7) is -0.0761. The summed E-state index contributed by atoms with van der Waals surface area (Å²) in [5, 5.41) is 15.3. The van der Waals surface area contributed by atoms with Crippen LogP contribution in [0.4, 0.5) is 15.8 Å². The predicted molar refractivity (Wildman–Crippen MR) is 100 cm³/mol. The van der Waals surface area contributed by atoms with Crippen LogP contribution < -0.4 is 10.6 Å². The molecular weight excluding hydrogens is 331 g/mol. The fraction of sp³-hybridized carbons (Fsp3) is 0.0952. The molecule has 0 saturated heterocycles. The fourth-order valence-electron chi connectivity index (χ4n) is 2.62. The highest BCUT2D eigenvalue weighted by molar-refractivity contribution is 5.97. The van der Waals surface area contributed by atoms with Crippen LogP contribution in [-0.2, 0) is 11.4 Å². The summed E-state index contributed by atoms with van der Waals surface area (Å²) in [4.78, 5) is 12.8. The Hall–Kier alpha value is -3.18. The van der Waals surface area contributed by atoms with E-state index in [1.54, 1.807) is 12.1 Å². The molecule has 5 heteroatoms. The van der Waals surface area contributed by atoms with Gasteiger partial charge in [-0.25, -0.2) is 4.39 Å². The van der Waals surface area contributed by atoms with Crippen LogP contribution in [0.3, 0.4) is 0 Å². The van der Waals surface area contributed by atoms with Crippen molar-refractivity contribution in [2.24, 2.45) is 0 Å². The zero-order valence-electron chi connectivity index (χ0n) is 14.0. The normalized spacial score (nSPS) is 11.6. The third kappa shape index (κ3) is 4.46. The van der Waals surface area contributed by atoms with E-state index < -0.39 is 6.04 Å². The van der Waals surface area contributed by atoms with Crippen molar-refractivity contribution < 1.29 is 14.3 Å². The lowest BCUT2D eigenvalue weighted by molar-refractivity contribution is -0.117. The van der Waals surface area contributed by atoms with Crippen molar-refractivity contribution in [2.75, 3.05) is 10.6 Å². The van der Waals surface area contributed by atoms with Gasteiger partial charge in [0, 0.05) is 11.4 Å². The predicted octanol–water partition coefficient (Wildman–Crippen LogP) is 4.11. The number of carbonyl (C=O) groups is 1. The Morgan fingerprint density at radius 2 is 1.65 bits per heavy atom. The highest BCUT2D eigenvalue weighted by Gasteiger charge is 2.20. The Labute approximate surface area is 151 Å². The zero-order valence-corrected chi connectivity index (χ0v) is 14.0. The van der Waals surface area contributed by atoms with Crippen molar-refractivity contribution in [3.8, 4) is 0 Å². The van der Waals surface area contributed by atoms with E-state index in [1.807, 2.05) is 42.5 Å². The number of halogens is 1.